The molecule has 0 fully saturated rings. The van der Waals surface area contributed by atoms with E-state index in [0.29, 0.717) is 6.61 Å². The molecular weight excluding hydrogens is 246 g/mol. The second-order valence-corrected chi connectivity index (χ2v) is 5.33. The lowest BCUT2D eigenvalue weighted by molar-refractivity contribution is -0.143. The molecule has 0 unspecified atom stereocenters. The molecule has 0 aromatic heterocycles. The highest BCUT2D eigenvalue weighted by atomic mass is 32.2. The molecule has 0 bridgehead atoms. The first-order chi connectivity index (χ1) is 8.54. The molecular formula is C14H21NO2S. The Hall–Kier alpha value is -1.16. The van der Waals surface area contributed by atoms with E-state index in [4.69, 9.17) is 4.74 Å². The second-order valence-electron chi connectivity index (χ2n) is 4.34. The fraction of sp³-hybridized carbons (Fsp3) is 0.500. The Bertz CT molecular complexity index is 407. The third-order valence-corrected chi connectivity index (χ3v) is 3.23. The number of esters is 1. The number of aryl methyl sites for hydroxylation is 2. The predicted molar refractivity (Wildman–Crippen MR) is 78.3 cm³/mol. The van der Waals surface area contributed by atoms with Crippen LogP contribution in [0, 0.1) is 13.8 Å². The van der Waals surface area contributed by atoms with Gasteiger partial charge in [0.05, 0.1) is 0 Å². The van der Waals surface area contributed by atoms with E-state index < -0.39 is 0 Å². The van der Waals surface area contributed by atoms with Gasteiger partial charge in [-0.25, -0.2) is 4.79 Å². The number of carbonyl (C=O) groups excluding carboxylic acids is 1. The summed E-state index contributed by atoms with van der Waals surface area (Å²) in [4.78, 5) is 11.7. The summed E-state index contributed by atoms with van der Waals surface area (Å²) in [6.07, 6.45) is 1.99. The van der Waals surface area contributed by atoms with Gasteiger partial charge < -0.3 is 10.1 Å². The summed E-state index contributed by atoms with van der Waals surface area (Å²) in [5.41, 5.74) is 3.29. The van der Waals surface area contributed by atoms with E-state index >= 15 is 0 Å². The van der Waals surface area contributed by atoms with Crippen LogP contribution in [-0.2, 0) is 9.53 Å². The van der Waals surface area contributed by atoms with Crippen LogP contribution in [0.1, 0.15) is 18.1 Å². The fourth-order valence-electron chi connectivity index (χ4n) is 1.53. The van der Waals surface area contributed by atoms with Gasteiger partial charge in [0.25, 0.3) is 0 Å². The Morgan fingerprint density at radius 2 is 2.17 bits per heavy atom. The van der Waals surface area contributed by atoms with Gasteiger partial charge in [0, 0.05) is 11.4 Å². The lowest BCUT2D eigenvalue weighted by atomic mass is 10.1. The van der Waals surface area contributed by atoms with Gasteiger partial charge in [-0.1, -0.05) is 12.1 Å². The third-order valence-electron chi connectivity index (χ3n) is 2.65. The standard InChI is InChI=1S/C14H21NO2S/c1-10-5-6-11(2)13(9-10)15-12(3)14(16)17-7-8-18-4/h5-6,9,12,15H,7-8H2,1-4H3/t12-/m0/s1. The van der Waals surface area contributed by atoms with Crippen molar-refractivity contribution in [3.05, 3.63) is 29.3 Å². The summed E-state index contributed by atoms with van der Waals surface area (Å²) >= 11 is 1.67. The number of benzene rings is 1. The highest BCUT2D eigenvalue weighted by Gasteiger charge is 2.14. The van der Waals surface area contributed by atoms with Gasteiger partial charge in [-0.3, -0.25) is 0 Å². The van der Waals surface area contributed by atoms with Crippen LogP contribution < -0.4 is 5.32 Å². The van der Waals surface area contributed by atoms with Crippen LogP contribution in [0.3, 0.4) is 0 Å². The summed E-state index contributed by atoms with van der Waals surface area (Å²) < 4.78 is 5.16. The molecule has 0 aliphatic carbocycles. The van der Waals surface area contributed by atoms with Crippen molar-refractivity contribution in [2.45, 2.75) is 26.8 Å². The molecule has 0 radical (unpaired) electrons. The molecule has 1 aromatic carbocycles. The number of nitrogens with one attached hydrogen (secondary N) is 1. The Balaban J connectivity index is 2.55. The van der Waals surface area contributed by atoms with Gasteiger partial charge in [-0.05, 0) is 44.2 Å². The van der Waals surface area contributed by atoms with Crippen molar-refractivity contribution in [2.24, 2.45) is 0 Å². The normalized spacial score (nSPS) is 12.0. The molecule has 1 N–H and O–H groups in total. The van der Waals surface area contributed by atoms with Gasteiger partial charge in [-0.2, -0.15) is 11.8 Å². The van der Waals surface area contributed by atoms with Crippen LogP contribution in [0.2, 0.25) is 0 Å². The zero-order valence-electron chi connectivity index (χ0n) is 11.4. The number of anilines is 1. The SMILES string of the molecule is CSCCOC(=O)[C@H](C)Nc1cc(C)ccc1C. The lowest BCUT2D eigenvalue weighted by Gasteiger charge is -2.16. The van der Waals surface area contributed by atoms with E-state index in [9.17, 15) is 4.79 Å². The molecule has 0 aliphatic heterocycles. The van der Waals surface area contributed by atoms with Gasteiger partial charge in [0.15, 0.2) is 0 Å². The molecule has 0 heterocycles. The first kappa shape index (κ1) is 14.9. The van der Waals surface area contributed by atoms with E-state index in [0.717, 1.165) is 17.0 Å². The van der Waals surface area contributed by atoms with Gasteiger partial charge in [0.1, 0.15) is 12.6 Å². The number of ether oxygens (including phenoxy) is 1. The van der Waals surface area contributed by atoms with Crippen LogP contribution in [0.15, 0.2) is 18.2 Å². The van der Waals surface area contributed by atoms with Crippen LogP contribution in [0.4, 0.5) is 5.69 Å². The molecule has 1 aromatic rings. The van der Waals surface area contributed by atoms with Crippen LogP contribution >= 0.6 is 11.8 Å². The maximum absolute atomic E-state index is 11.7. The van der Waals surface area contributed by atoms with E-state index in [2.05, 4.69) is 11.4 Å². The smallest absolute Gasteiger partial charge is 0.328 e. The Labute approximate surface area is 113 Å². The number of hydrogen-bond acceptors (Lipinski definition) is 4. The van der Waals surface area contributed by atoms with Crippen molar-refractivity contribution in [1.29, 1.82) is 0 Å². The fourth-order valence-corrected chi connectivity index (χ4v) is 1.78. The van der Waals surface area contributed by atoms with E-state index in [1.807, 2.05) is 39.2 Å². The van der Waals surface area contributed by atoms with Crippen molar-refractivity contribution in [1.82, 2.24) is 0 Å². The van der Waals surface area contributed by atoms with Gasteiger partial charge >= 0.3 is 5.97 Å². The number of thioether (sulfide) groups is 1. The molecule has 100 valence electrons. The Kier molecular flexibility index (Phi) is 6.05. The van der Waals surface area contributed by atoms with Crippen molar-refractivity contribution in [3.8, 4) is 0 Å². The molecule has 0 spiro atoms. The van der Waals surface area contributed by atoms with Crippen LogP contribution in [0.25, 0.3) is 0 Å². The number of hydrogen-bond donors (Lipinski definition) is 1. The average Bonchev–Trinajstić information content (AvgIpc) is 2.34. The maximum Gasteiger partial charge on any atom is 0.328 e. The topological polar surface area (TPSA) is 38.3 Å². The number of rotatable bonds is 6. The molecule has 18 heavy (non-hydrogen) atoms. The maximum atomic E-state index is 11.7. The first-order valence-electron chi connectivity index (χ1n) is 6.04. The summed E-state index contributed by atoms with van der Waals surface area (Å²) in [5, 5.41) is 3.20. The van der Waals surface area contributed by atoms with Crippen molar-refractivity contribution >= 4 is 23.4 Å². The lowest BCUT2D eigenvalue weighted by Crippen LogP contribution is -2.29. The van der Waals surface area contributed by atoms with Crippen LogP contribution in [-0.4, -0.2) is 30.6 Å². The number of carbonyl (C=O) groups is 1. The Morgan fingerprint density at radius 1 is 1.44 bits per heavy atom. The second kappa shape index (κ2) is 7.31. The highest BCUT2D eigenvalue weighted by Crippen LogP contribution is 2.17. The monoisotopic (exact) mass is 267 g/mol. The summed E-state index contributed by atoms with van der Waals surface area (Å²) in [5.74, 6) is 0.632. The largest absolute Gasteiger partial charge is 0.463 e. The molecule has 4 heteroatoms. The first-order valence-corrected chi connectivity index (χ1v) is 7.43. The molecule has 0 aliphatic rings. The predicted octanol–water partition coefficient (Wildman–Crippen LogP) is 3.01. The molecule has 3 nitrogen and oxygen atoms in total. The molecule has 0 saturated heterocycles. The quantitative estimate of drug-likeness (QED) is 0.635. The molecule has 1 atom stereocenters. The zero-order valence-corrected chi connectivity index (χ0v) is 12.3. The van der Waals surface area contributed by atoms with Gasteiger partial charge in [0.2, 0.25) is 0 Å². The molecule has 0 saturated carbocycles. The molecule has 0 amide bonds. The minimum atomic E-state index is -0.327. The summed E-state index contributed by atoms with van der Waals surface area (Å²) in [7, 11) is 0. The van der Waals surface area contributed by atoms with E-state index in [1.165, 1.54) is 5.56 Å². The van der Waals surface area contributed by atoms with Gasteiger partial charge in [-0.15, -0.1) is 0 Å². The average molecular weight is 267 g/mol. The summed E-state index contributed by atoms with van der Waals surface area (Å²) in [6, 6.07) is 5.82. The van der Waals surface area contributed by atoms with E-state index in [1.54, 1.807) is 11.8 Å². The molecule has 1 rings (SSSR count). The minimum absolute atomic E-state index is 0.204. The third kappa shape index (κ3) is 4.61. The highest BCUT2D eigenvalue weighted by molar-refractivity contribution is 7.98. The zero-order chi connectivity index (χ0) is 13.5. The van der Waals surface area contributed by atoms with Crippen molar-refractivity contribution < 1.29 is 9.53 Å². The minimum Gasteiger partial charge on any atom is -0.463 e. The summed E-state index contributed by atoms with van der Waals surface area (Å²) in [6.45, 7) is 6.35. The van der Waals surface area contributed by atoms with Crippen molar-refractivity contribution in [3.63, 3.8) is 0 Å². The van der Waals surface area contributed by atoms with Crippen molar-refractivity contribution in [2.75, 3.05) is 23.9 Å². The Morgan fingerprint density at radius 3 is 2.83 bits per heavy atom. The van der Waals surface area contributed by atoms with Crippen LogP contribution in [0.5, 0.6) is 0 Å². The van der Waals surface area contributed by atoms with E-state index in [-0.39, 0.29) is 12.0 Å².